The summed E-state index contributed by atoms with van der Waals surface area (Å²) in [6.45, 7) is 5.61. The molecule has 1 aliphatic heterocycles. The number of rotatable bonds is 4. The van der Waals surface area contributed by atoms with Gasteiger partial charge in [-0.3, -0.25) is 9.80 Å². The molecular weight excluding hydrogens is 260 g/mol. The molecule has 1 aromatic heterocycles. The predicted molar refractivity (Wildman–Crippen MR) is 78.6 cm³/mol. The zero-order valence-electron chi connectivity index (χ0n) is 12.1. The van der Waals surface area contributed by atoms with Gasteiger partial charge in [-0.25, -0.2) is 4.79 Å². The maximum atomic E-state index is 12.3. The lowest BCUT2D eigenvalue weighted by molar-refractivity contribution is 0.149. The molecular formula is C13H22N4OS. The molecule has 0 radical (unpaired) electrons. The second-order valence-electron chi connectivity index (χ2n) is 5.06. The lowest BCUT2D eigenvalue weighted by Crippen LogP contribution is -2.55. The van der Waals surface area contributed by atoms with Crippen LogP contribution in [0.4, 0.5) is 9.80 Å². The molecule has 0 N–H and O–H groups in total. The maximum absolute atomic E-state index is 12.3. The van der Waals surface area contributed by atoms with Crippen LogP contribution in [0.25, 0.3) is 0 Å². The van der Waals surface area contributed by atoms with Gasteiger partial charge in [-0.05, 0) is 31.4 Å². The first-order valence-electron chi connectivity index (χ1n) is 6.77. The van der Waals surface area contributed by atoms with Crippen LogP contribution in [0.15, 0.2) is 0 Å². The van der Waals surface area contributed by atoms with E-state index in [0.29, 0.717) is 13.3 Å². The Hall–Kier alpha value is -1.14. The largest absolute Gasteiger partial charge is 0.327 e. The monoisotopic (exact) mass is 282 g/mol. The van der Waals surface area contributed by atoms with Crippen molar-refractivity contribution < 1.29 is 4.79 Å². The summed E-state index contributed by atoms with van der Waals surface area (Å²) in [5.41, 5.74) is 2.40. The second kappa shape index (κ2) is 5.88. The number of carbonyl (C=O) groups is 1. The minimum absolute atomic E-state index is 0.0690. The fourth-order valence-electron chi connectivity index (χ4n) is 2.46. The Morgan fingerprint density at radius 3 is 2.63 bits per heavy atom. The SMILES string of the molecule is CCCc1nsc(N2CN(C)CN(C)C2=O)c1CC. The van der Waals surface area contributed by atoms with E-state index < -0.39 is 0 Å². The second-order valence-corrected chi connectivity index (χ2v) is 5.82. The number of nitrogens with zero attached hydrogens (tertiary/aromatic N) is 4. The lowest BCUT2D eigenvalue weighted by Gasteiger charge is -2.38. The van der Waals surface area contributed by atoms with Crippen LogP contribution in [-0.4, -0.2) is 47.6 Å². The summed E-state index contributed by atoms with van der Waals surface area (Å²) in [6.07, 6.45) is 3.01. The molecule has 2 amide bonds. The van der Waals surface area contributed by atoms with Gasteiger partial charge >= 0.3 is 6.03 Å². The van der Waals surface area contributed by atoms with Gasteiger partial charge in [-0.2, -0.15) is 4.37 Å². The van der Waals surface area contributed by atoms with Crippen molar-refractivity contribution in [2.45, 2.75) is 33.1 Å². The molecule has 2 rings (SSSR count). The Labute approximate surface area is 119 Å². The van der Waals surface area contributed by atoms with Crippen molar-refractivity contribution in [2.75, 3.05) is 32.3 Å². The third-order valence-electron chi connectivity index (χ3n) is 3.33. The van der Waals surface area contributed by atoms with E-state index in [1.807, 2.05) is 19.0 Å². The normalized spacial score (nSPS) is 17.4. The van der Waals surface area contributed by atoms with Crippen LogP contribution in [0.5, 0.6) is 0 Å². The van der Waals surface area contributed by atoms with Gasteiger partial charge in [0.25, 0.3) is 0 Å². The molecule has 0 saturated carbocycles. The van der Waals surface area contributed by atoms with Crippen molar-refractivity contribution in [2.24, 2.45) is 0 Å². The Bertz CT molecular complexity index is 459. The molecule has 1 aliphatic rings. The summed E-state index contributed by atoms with van der Waals surface area (Å²) < 4.78 is 4.55. The Morgan fingerprint density at radius 1 is 1.26 bits per heavy atom. The quantitative estimate of drug-likeness (QED) is 0.851. The number of aryl methyl sites for hydroxylation is 1. The first-order chi connectivity index (χ1) is 9.08. The van der Waals surface area contributed by atoms with Crippen LogP contribution < -0.4 is 4.90 Å². The maximum Gasteiger partial charge on any atom is 0.327 e. The molecule has 0 atom stereocenters. The fraction of sp³-hybridized carbons (Fsp3) is 0.692. The molecule has 19 heavy (non-hydrogen) atoms. The van der Waals surface area contributed by atoms with Crippen LogP contribution >= 0.6 is 11.5 Å². The van der Waals surface area contributed by atoms with Crippen molar-refractivity contribution in [1.82, 2.24) is 14.2 Å². The summed E-state index contributed by atoms with van der Waals surface area (Å²) in [7, 11) is 3.86. The molecule has 0 aliphatic carbocycles. The fourth-order valence-corrected chi connectivity index (χ4v) is 3.46. The number of anilines is 1. The minimum Gasteiger partial charge on any atom is -0.314 e. The highest BCUT2D eigenvalue weighted by atomic mass is 32.1. The predicted octanol–water partition coefficient (Wildman–Crippen LogP) is 2.38. The minimum atomic E-state index is 0.0690. The topological polar surface area (TPSA) is 39.7 Å². The summed E-state index contributed by atoms with van der Waals surface area (Å²) in [5, 5.41) is 1.02. The van der Waals surface area contributed by atoms with Crippen LogP contribution in [0.3, 0.4) is 0 Å². The molecule has 0 bridgehead atoms. The smallest absolute Gasteiger partial charge is 0.314 e. The molecule has 0 spiro atoms. The Balaban J connectivity index is 2.32. The molecule has 1 saturated heterocycles. The molecule has 0 aromatic carbocycles. The summed E-state index contributed by atoms with van der Waals surface area (Å²) in [5.74, 6) is 0. The molecule has 106 valence electrons. The van der Waals surface area contributed by atoms with Gasteiger partial charge in [0.2, 0.25) is 0 Å². The zero-order valence-corrected chi connectivity index (χ0v) is 13.0. The summed E-state index contributed by atoms with van der Waals surface area (Å²) in [4.78, 5) is 18.0. The molecule has 2 heterocycles. The number of amides is 2. The van der Waals surface area contributed by atoms with Crippen molar-refractivity contribution >= 4 is 22.6 Å². The van der Waals surface area contributed by atoms with E-state index in [1.54, 1.807) is 4.90 Å². The van der Waals surface area contributed by atoms with Crippen LogP contribution in [0.2, 0.25) is 0 Å². The van der Waals surface area contributed by atoms with Crippen molar-refractivity contribution in [3.63, 3.8) is 0 Å². The van der Waals surface area contributed by atoms with E-state index in [-0.39, 0.29) is 6.03 Å². The van der Waals surface area contributed by atoms with E-state index in [0.717, 1.165) is 30.0 Å². The van der Waals surface area contributed by atoms with Crippen LogP contribution in [0.1, 0.15) is 31.5 Å². The first kappa shape index (κ1) is 14.3. The number of urea groups is 1. The van der Waals surface area contributed by atoms with Crippen molar-refractivity contribution in [3.05, 3.63) is 11.3 Å². The lowest BCUT2D eigenvalue weighted by atomic mass is 10.1. The number of carbonyl (C=O) groups excluding carboxylic acids is 1. The summed E-state index contributed by atoms with van der Waals surface area (Å²) in [6, 6.07) is 0.0690. The highest BCUT2D eigenvalue weighted by molar-refractivity contribution is 7.10. The van der Waals surface area contributed by atoms with Gasteiger partial charge in [-0.1, -0.05) is 20.3 Å². The van der Waals surface area contributed by atoms with Gasteiger partial charge in [0.05, 0.1) is 19.0 Å². The zero-order chi connectivity index (χ0) is 14.0. The highest BCUT2D eigenvalue weighted by Gasteiger charge is 2.30. The first-order valence-corrected chi connectivity index (χ1v) is 7.54. The Morgan fingerprint density at radius 2 is 2.00 bits per heavy atom. The average Bonchev–Trinajstić information content (AvgIpc) is 2.77. The van der Waals surface area contributed by atoms with Crippen LogP contribution in [0, 0.1) is 0 Å². The third kappa shape index (κ3) is 2.74. The van der Waals surface area contributed by atoms with E-state index in [4.69, 9.17) is 0 Å². The Kier molecular flexibility index (Phi) is 4.42. The standard InChI is InChI=1S/C13H22N4OS/c1-5-7-11-10(6-2)12(19-14-11)17-9-15(3)8-16(4)13(17)18/h5-9H2,1-4H3. The highest BCUT2D eigenvalue weighted by Crippen LogP contribution is 2.32. The van der Waals surface area contributed by atoms with Gasteiger partial charge < -0.3 is 4.90 Å². The van der Waals surface area contributed by atoms with Gasteiger partial charge in [-0.15, -0.1) is 0 Å². The number of hydrogen-bond acceptors (Lipinski definition) is 4. The van der Waals surface area contributed by atoms with Gasteiger partial charge in [0.1, 0.15) is 5.00 Å². The average molecular weight is 282 g/mol. The molecule has 1 aromatic rings. The number of aromatic nitrogens is 1. The molecule has 0 unspecified atom stereocenters. The van der Waals surface area contributed by atoms with E-state index in [1.165, 1.54) is 17.1 Å². The van der Waals surface area contributed by atoms with Crippen molar-refractivity contribution in [3.8, 4) is 0 Å². The van der Waals surface area contributed by atoms with Crippen LogP contribution in [-0.2, 0) is 12.8 Å². The van der Waals surface area contributed by atoms with Crippen molar-refractivity contribution in [1.29, 1.82) is 0 Å². The van der Waals surface area contributed by atoms with E-state index >= 15 is 0 Å². The van der Waals surface area contributed by atoms with E-state index in [9.17, 15) is 4.79 Å². The van der Waals surface area contributed by atoms with Gasteiger partial charge in [0, 0.05) is 12.6 Å². The van der Waals surface area contributed by atoms with E-state index in [2.05, 4.69) is 23.1 Å². The number of hydrogen-bond donors (Lipinski definition) is 0. The molecule has 1 fully saturated rings. The van der Waals surface area contributed by atoms with Gasteiger partial charge in [0.15, 0.2) is 0 Å². The summed E-state index contributed by atoms with van der Waals surface area (Å²) >= 11 is 1.46. The molecule has 6 heteroatoms. The third-order valence-corrected chi connectivity index (χ3v) is 4.28. The molecule has 5 nitrogen and oxygen atoms in total.